The van der Waals surface area contributed by atoms with Crippen LogP contribution >= 0.6 is 11.3 Å². The third kappa shape index (κ3) is 2.94. The molecule has 18 heavy (non-hydrogen) atoms. The summed E-state index contributed by atoms with van der Waals surface area (Å²) < 4.78 is 5.80. The number of thiophene rings is 1. The van der Waals surface area contributed by atoms with E-state index >= 15 is 0 Å². The van der Waals surface area contributed by atoms with E-state index in [1.807, 2.05) is 11.3 Å². The molecule has 1 aliphatic rings. The smallest absolute Gasteiger partial charge is 0.0678 e. The van der Waals surface area contributed by atoms with Crippen LogP contribution in [0.25, 0.3) is 0 Å². The number of hydrogen-bond donors (Lipinski definition) is 1. The molecular formula is C14H24N2OS. The van der Waals surface area contributed by atoms with Crippen molar-refractivity contribution in [1.82, 2.24) is 4.90 Å². The van der Waals surface area contributed by atoms with Crippen LogP contribution in [0.2, 0.25) is 0 Å². The second-order valence-electron chi connectivity index (χ2n) is 5.33. The molecule has 0 bridgehead atoms. The van der Waals surface area contributed by atoms with Crippen LogP contribution in [0.3, 0.4) is 0 Å². The van der Waals surface area contributed by atoms with Crippen molar-refractivity contribution in [1.29, 1.82) is 0 Å². The molecule has 1 fully saturated rings. The Morgan fingerprint density at radius 2 is 2.00 bits per heavy atom. The van der Waals surface area contributed by atoms with Gasteiger partial charge >= 0.3 is 0 Å². The molecule has 1 aromatic heterocycles. The van der Waals surface area contributed by atoms with Crippen LogP contribution in [0.4, 0.5) is 0 Å². The van der Waals surface area contributed by atoms with Crippen LogP contribution in [0.5, 0.6) is 0 Å². The van der Waals surface area contributed by atoms with Gasteiger partial charge in [0.1, 0.15) is 0 Å². The van der Waals surface area contributed by atoms with Gasteiger partial charge in [-0.2, -0.15) is 0 Å². The van der Waals surface area contributed by atoms with E-state index in [2.05, 4.69) is 38.7 Å². The summed E-state index contributed by atoms with van der Waals surface area (Å²) in [4.78, 5) is 5.25. The molecule has 2 rings (SSSR count). The number of ether oxygens (including phenoxy) is 1. The summed E-state index contributed by atoms with van der Waals surface area (Å²) in [5.41, 5.74) is 7.43. The second-order valence-corrected chi connectivity index (χ2v) is 6.79. The van der Waals surface area contributed by atoms with Gasteiger partial charge in [-0.3, -0.25) is 4.90 Å². The number of morpholine rings is 1. The SMILES string of the molecule is Cc1cc(C(CN)N2CC(C)OC(C)C2)c(C)s1. The minimum absolute atomic E-state index is 0.294. The average molecular weight is 268 g/mol. The van der Waals surface area contributed by atoms with Crippen molar-refractivity contribution in [3.63, 3.8) is 0 Å². The molecule has 3 unspecified atom stereocenters. The molecule has 2 N–H and O–H groups in total. The van der Waals surface area contributed by atoms with Crippen LogP contribution in [-0.4, -0.2) is 36.7 Å². The fraction of sp³-hybridized carbons (Fsp3) is 0.714. The first-order valence-electron chi connectivity index (χ1n) is 6.67. The van der Waals surface area contributed by atoms with Crippen molar-refractivity contribution >= 4 is 11.3 Å². The molecule has 1 saturated heterocycles. The number of rotatable bonds is 3. The Bertz CT molecular complexity index is 394. The maximum absolute atomic E-state index is 6.03. The van der Waals surface area contributed by atoms with E-state index in [0.717, 1.165) is 13.1 Å². The van der Waals surface area contributed by atoms with Gasteiger partial charge in [0, 0.05) is 35.4 Å². The van der Waals surface area contributed by atoms with Crippen molar-refractivity contribution in [3.05, 3.63) is 21.4 Å². The molecule has 0 amide bonds. The van der Waals surface area contributed by atoms with E-state index in [4.69, 9.17) is 10.5 Å². The fourth-order valence-corrected chi connectivity index (χ4v) is 3.91. The lowest BCUT2D eigenvalue weighted by atomic mass is 10.0. The average Bonchev–Trinajstić information content (AvgIpc) is 2.58. The topological polar surface area (TPSA) is 38.5 Å². The van der Waals surface area contributed by atoms with E-state index in [0.29, 0.717) is 24.8 Å². The van der Waals surface area contributed by atoms with Gasteiger partial charge in [-0.1, -0.05) is 0 Å². The molecule has 102 valence electrons. The van der Waals surface area contributed by atoms with E-state index in [-0.39, 0.29) is 0 Å². The van der Waals surface area contributed by atoms with Gasteiger partial charge in [-0.25, -0.2) is 0 Å². The second kappa shape index (κ2) is 5.70. The molecule has 4 heteroatoms. The summed E-state index contributed by atoms with van der Waals surface area (Å²) in [7, 11) is 0. The maximum atomic E-state index is 6.03. The van der Waals surface area contributed by atoms with E-state index in [9.17, 15) is 0 Å². The van der Waals surface area contributed by atoms with Crippen LogP contribution in [0.15, 0.2) is 6.07 Å². The monoisotopic (exact) mass is 268 g/mol. The van der Waals surface area contributed by atoms with Gasteiger partial charge in [0.2, 0.25) is 0 Å². The van der Waals surface area contributed by atoms with Crippen molar-refractivity contribution in [3.8, 4) is 0 Å². The summed E-state index contributed by atoms with van der Waals surface area (Å²) >= 11 is 1.87. The highest BCUT2D eigenvalue weighted by Gasteiger charge is 2.29. The standard InChI is InChI=1S/C14H24N2OS/c1-9-7-16(8-10(2)17-9)14(6-15)13-5-11(3)18-12(13)4/h5,9-10,14H,6-8,15H2,1-4H3. The first-order valence-corrected chi connectivity index (χ1v) is 7.49. The van der Waals surface area contributed by atoms with Crippen molar-refractivity contribution in [2.24, 2.45) is 5.73 Å². The van der Waals surface area contributed by atoms with Gasteiger partial charge in [0.05, 0.1) is 12.2 Å². The zero-order valence-electron chi connectivity index (χ0n) is 11.8. The largest absolute Gasteiger partial charge is 0.373 e. The summed E-state index contributed by atoms with van der Waals surface area (Å²) in [5, 5.41) is 0. The lowest BCUT2D eigenvalue weighted by Crippen LogP contribution is -2.48. The molecule has 1 aliphatic heterocycles. The summed E-state index contributed by atoms with van der Waals surface area (Å²) in [6.07, 6.45) is 0.589. The minimum Gasteiger partial charge on any atom is -0.373 e. The highest BCUT2D eigenvalue weighted by molar-refractivity contribution is 7.12. The Balaban J connectivity index is 2.20. The molecule has 1 aromatic rings. The Morgan fingerprint density at radius 3 is 2.44 bits per heavy atom. The molecule has 2 heterocycles. The van der Waals surface area contributed by atoms with Crippen molar-refractivity contribution in [2.45, 2.75) is 45.9 Å². The van der Waals surface area contributed by atoms with Gasteiger partial charge in [-0.15, -0.1) is 11.3 Å². The zero-order valence-corrected chi connectivity index (χ0v) is 12.6. The number of nitrogens with two attached hydrogens (primary N) is 1. The summed E-state index contributed by atoms with van der Waals surface area (Å²) in [6, 6.07) is 2.63. The first kappa shape index (κ1) is 14.0. The third-order valence-corrected chi connectivity index (χ3v) is 4.53. The summed E-state index contributed by atoms with van der Waals surface area (Å²) in [6.45, 7) is 11.3. The van der Waals surface area contributed by atoms with Crippen LogP contribution < -0.4 is 5.73 Å². The molecule has 0 spiro atoms. The quantitative estimate of drug-likeness (QED) is 0.915. The highest BCUT2D eigenvalue weighted by atomic mass is 32.1. The predicted molar refractivity (Wildman–Crippen MR) is 77.2 cm³/mol. The van der Waals surface area contributed by atoms with E-state index in [1.165, 1.54) is 15.3 Å². The van der Waals surface area contributed by atoms with E-state index in [1.54, 1.807) is 0 Å². The zero-order chi connectivity index (χ0) is 13.3. The molecule has 3 atom stereocenters. The highest BCUT2D eigenvalue weighted by Crippen LogP contribution is 2.31. The number of hydrogen-bond acceptors (Lipinski definition) is 4. The number of nitrogens with zero attached hydrogens (tertiary/aromatic N) is 1. The summed E-state index contributed by atoms with van der Waals surface area (Å²) in [5.74, 6) is 0. The fourth-order valence-electron chi connectivity index (χ4n) is 2.93. The minimum atomic E-state index is 0.294. The van der Waals surface area contributed by atoms with Crippen LogP contribution in [0, 0.1) is 13.8 Å². The first-order chi connectivity index (χ1) is 8.51. The van der Waals surface area contributed by atoms with Gasteiger partial charge < -0.3 is 10.5 Å². The molecule has 0 saturated carbocycles. The Morgan fingerprint density at radius 1 is 1.39 bits per heavy atom. The van der Waals surface area contributed by atoms with Crippen LogP contribution in [0.1, 0.15) is 35.2 Å². The van der Waals surface area contributed by atoms with Crippen molar-refractivity contribution < 1.29 is 4.74 Å². The maximum Gasteiger partial charge on any atom is 0.0678 e. The molecule has 0 aliphatic carbocycles. The molecular weight excluding hydrogens is 244 g/mol. The molecule has 3 nitrogen and oxygen atoms in total. The molecule has 0 aromatic carbocycles. The van der Waals surface area contributed by atoms with Gasteiger partial charge in [-0.05, 0) is 39.3 Å². The van der Waals surface area contributed by atoms with Crippen LogP contribution in [-0.2, 0) is 4.74 Å². The van der Waals surface area contributed by atoms with E-state index < -0.39 is 0 Å². The lowest BCUT2D eigenvalue weighted by molar-refractivity contribution is -0.0799. The molecule has 0 radical (unpaired) electrons. The number of aryl methyl sites for hydroxylation is 2. The van der Waals surface area contributed by atoms with Crippen molar-refractivity contribution in [2.75, 3.05) is 19.6 Å². The van der Waals surface area contributed by atoms with Gasteiger partial charge in [0.15, 0.2) is 0 Å². The van der Waals surface area contributed by atoms with Gasteiger partial charge in [0.25, 0.3) is 0 Å². The predicted octanol–water partition coefficient (Wildman–Crippen LogP) is 2.47. The third-order valence-electron chi connectivity index (χ3n) is 3.55. The lowest BCUT2D eigenvalue weighted by Gasteiger charge is -2.40. The normalized spacial score (nSPS) is 27.4. The Kier molecular flexibility index (Phi) is 4.43. The Labute approximate surface area is 114 Å². The Hall–Kier alpha value is -0.420.